The highest BCUT2D eigenvalue weighted by Gasteiger charge is 2.24. The first kappa shape index (κ1) is 13.0. The Morgan fingerprint density at radius 1 is 1.56 bits per heavy atom. The topological polar surface area (TPSA) is 96.7 Å². The van der Waals surface area contributed by atoms with Crippen molar-refractivity contribution in [1.82, 2.24) is 20.5 Å². The summed E-state index contributed by atoms with van der Waals surface area (Å²) in [5, 5.41) is 9.56. The van der Waals surface area contributed by atoms with Gasteiger partial charge in [-0.25, -0.2) is 4.98 Å². The molecule has 1 fully saturated rings. The molecule has 0 aromatic carbocycles. The van der Waals surface area contributed by atoms with E-state index in [1.54, 1.807) is 0 Å². The molecule has 1 heterocycles. The molecule has 0 aliphatic heterocycles. The maximum atomic E-state index is 11.9. The van der Waals surface area contributed by atoms with Crippen LogP contribution >= 0.6 is 0 Å². The van der Waals surface area contributed by atoms with E-state index in [4.69, 9.17) is 5.73 Å². The molecule has 6 heteroatoms. The second kappa shape index (κ2) is 6.49. The van der Waals surface area contributed by atoms with E-state index in [0.717, 1.165) is 44.3 Å². The molecule has 1 aromatic heterocycles. The number of hydrogen-bond acceptors (Lipinski definition) is 4. The number of hydrogen-bond donors (Lipinski definition) is 3. The molecular formula is C12H21N5O. The summed E-state index contributed by atoms with van der Waals surface area (Å²) < 4.78 is 0. The molecule has 2 rings (SSSR count). The Kier molecular flexibility index (Phi) is 4.69. The number of amides is 1. The summed E-state index contributed by atoms with van der Waals surface area (Å²) >= 11 is 0. The van der Waals surface area contributed by atoms with Gasteiger partial charge in [-0.05, 0) is 25.7 Å². The van der Waals surface area contributed by atoms with Crippen LogP contribution in [0.2, 0.25) is 0 Å². The molecular weight excluding hydrogens is 230 g/mol. The van der Waals surface area contributed by atoms with Crippen LogP contribution in [0, 0.1) is 5.92 Å². The van der Waals surface area contributed by atoms with Crippen molar-refractivity contribution in [3.8, 4) is 0 Å². The zero-order valence-corrected chi connectivity index (χ0v) is 10.6. The molecule has 1 aliphatic rings. The molecule has 0 radical (unpaired) electrons. The number of aryl methyl sites for hydroxylation is 1. The van der Waals surface area contributed by atoms with Crippen LogP contribution in [0.3, 0.4) is 0 Å². The van der Waals surface area contributed by atoms with E-state index in [9.17, 15) is 4.79 Å². The third kappa shape index (κ3) is 3.80. The van der Waals surface area contributed by atoms with Gasteiger partial charge in [0.1, 0.15) is 12.2 Å². The maximum Gasteiger partial charge on any atom is 0.223 e. The predicted molar refractivity (Wildman–Crippen MR) is 67.6 cm³/mol. The smallest absolute Gasteiger partial charge is 0.223 e. The van der Waals surface area contributed by atoms with Crippen molar-refractivity contribution in [2.75, 3.05) is 6.54 Å². The minimum absolute atomic E-state index is 0.110. The second-order valence-electron chi connectivity index (χ2n) is 4.95. The Balaban J connectivity index is 1.62. The number of carbonyl (C=O) groups is 1. The van der Waals surface area contributed by atoms with Crippen LogP contribution in [0.25, 0.3) is 0 Å². The molecule has 0 bridgehead atoms. The fourth-order valence-electron chi connectivity index (χ4n) is 2.43. The van der Waals surface area contributed by atoms with Gasteiger partial charge < -0.3 is 11.1 Å². The number of aromatic nitrogens is 3. The van der Waals surface area contributed by atoms with E-state index in [1.807, 2.05) is 0 Å². The van der Waals surface area contributed by atoms with Crippen molar-refractivity contribution < 1.29 is 4.79 Å². The molecule has 0 spiro atoms. The van der Waals surface area contributed by atoms with Crippen molar-refractivity contribution >= 4 is 5.91 Å². The average Bonchev–Trinajstić information content (AvgIpc) is 2.87. The number of nitrogens with one attached hydrogen (secondary N) is 2. The van der Waals surface area contributed by atoms with E-state index in [-0.39, 0.29) is 17.9 Å². The van der Waals surface area contributed by atoms with Gasteiger partial charge in [-0.1, -0.05) is 6.42 Å². The van der Waals surface area contributed by atoms with Crippen molar-refractivity contribution in [3.05, 3.63) is 12.2 Å². The van der Waals surface area contributed by atoms with Crippen LogP contribution in [0.1, 0.15) is 37.9 Å². The number of nitrogens with zero attached hydrogens (tertiary/aromatic N) is 2. The lowest BCUT2D eigenvalue weighted by Gasteiger charge is -2.25. The summed E-state index contributed by atoms with van der Waals surface area (Å²) in [5.74, 6) is 1.13. The summed E-state index contributed by atoms with van der Waals surface area (Å²) in [6, 6.07) is 0.198. The lowest BCUT2D eigenvalue weighted by molar-refractivity contribution is -0.126. The Labute approximate surface area is 107 Å². The Hall–Kier alpha value is -1.43. The van der Waals surface area contributed by atoms with Gasteiger partial charge in [0, 0.05) is 24.9 Å². The van der Waals surface area contributed by atoms with Crippen LogP contribution in [0.15, 0.2) is 6.33 Å². The standard InChI is InChI=1S/C12H21N5O/c13-10-4-1-3-9(7-10)12(18)14-6-2-5-11-15-8-16-17-11/h8-10H,1-7,13H2,(H,14,18)(H,15,16,17). The SMILES string of the molecule is NC1CCCC(C(=O)NCCCc2ncn[nH]2)C1. The van der Waals surface area contributed by atoms with Gasteiger partial charge in [-0.3, -0.25) is 9.89 Å². The van der Waals surface area contributed by atoms with Gasteiger partial charge in [0.2, 0.25) is 5.91 Å². The zero-order chi connectivity index (χ0) is 12.8. The lowest BCUT2D eigenvalue weighted by atomic mass is 9.85. The van der Waals surface area contributed by atoms with Crippen molar-refractivity contribution in [2.45, 2.75) is 44.6 Å². The average molecular weight is 251 g/mol. The fraction of sp³-hybridized carbons (Fsp3) is 0.750. The van der Waals surface area contributed by atoms with Crippen molar-refractivity contribution in [3.63, 3.8) is 0 Å². The summed E-state index contributed by atoms with van der Waals surface area (Å²) in [6.45, 7) is 0.686. The van der Waals surface area contributed by atoms with Gasteiger partial charge >= 0.3 is 0 Å². The normalized spacial score (nSPS) is 23.8. The van der Waals surface area contributed by atoms with Crippen LogP contribution in [-0.4, -0.2) is 33.7 Å². The molecule has 1 aliphatic carbocycles. The van der Waals surface area contributed by atoms with Gasteiger partial charge in [0.05, 0.1) is 0 Å². The third-order valence-corrected chi connectivity index (χ3v) is 3.44. The number of rotatable bonds is 5. The van der Waals surface area contributed by atoms with Crippen LogP contribution in [0.4, 0.5) is 0 Å². The number of aromatic amines is 1. The maximum absolute atomic E-state index is 11.9. The number of nitrogens with two attached hydrogens (primary N) is 1. The number of carbonyl (C=O) groups excluding carboxylic acids is 1. The minimum atomic E-state index is 0.110. The van der Waals surface area contributed by atoms with Gasteiger partial charge in [-0.15, -0.1) is 0 Å². The fourth-order valence-corrected chi connectivity index (χ4v) is 2.43. The van der Waals surface area contributed by atoms with Gasteiger partial charge in [-0.2, -0.15) is 5.10 Å². The second-order valence-corrected chi connectivity index (χ2v) is 4.95. The molecule has 18 heavy (non-hydrogen) atoms. The van der Waals surface area contributed by atoms with E-state index < -0.39 is 0 Å². The van der Waals surface area contributed by atoms with E-state index in [1.165, 1.54) is 6.33 Å². The Bertz CT molecular complexity index is 365. The highest BCUT2D eigenvalue weighted by Crippen LogP contribution is 2.22. The molecule has 1 amide bonds. The molecule has 1 saturated carbocycles. The van der Waals surface area contributed by atoms with Crippen LogP contribution < -0.4 is 11.1 Å². The van der Waals surface area contributed by atoms with Crippen molar-refractivity contribution in [1.29, 1.82) is 0 Å². The minimum Gasteiger partial charge on any atom is -0.356 e. The molecule has 6 nitrogen and oxygen atoms in total. The first-order valence-corrected chi connectivity index (χ1v) is 6.63. The summed E-state index contributed by atoms with van der Waals surface area (Å²) in [6.07, 6.45) is 7.10. The summed E-state index contributed by atoms with van der Waals surface area (Å²) in [4.78, 5) is 15.9. The molecule has 1 aromatic rings. The van der Waals surface area contributed by atoms with Crippen LogP contribution in [0.5, 0.6) is 0 Å². The molecule has 0 saturated heterocycles. The van der Waals surface area contributed by atoms with Crippen LogP contribution in [-0.2, 0) is 11.2 Å². The Morgan fingerprint density at radius 2 is 2.44 bits per heavy atom. The zero-order valence-electron chi connectivity index (χ0n) is 10.6. The quantitative estimate of drug-likeness (QED) is 0.659. The summed E-state index contributed by atoms with van der Waals surface area (Å²) in [5.41, 5.74) is 5.88. The monoisotopic (exact) mass is 251 g/mol. The predicted octanol–water partition coefficient (Wildman–Crippen LogP) is 0.371. The van der Waals surface area contributed by atoms with E-state index in [2.05, 4.69) is 20.5 Å². The lowest BCUT2D eigenvalue weighted by Crippen LogP contribution is -2.38. The summed E-state index contributed by atoms with van der Waals surface area (Å²) in [7, 11) is 0. The molecule has 100 valence electrons. The van der Waals surface area contributed by atoms with E-state index in [0.29, 0.717) is 6.54 Å². The van der Waals surface area contributed by atoms with Crippen molar-refractivity contribution in [2.24, 2.45) is 11.7 Å². The first-order valence-electron chi connectivity index (χ1n) is 6.63. The molecule has 2 atom stereocenters. The molecule has 2 unspecified atom stereocenters. The largest absolute Gasteiger partial charge is 0.356 e. The van der Waals surface area contributed by atoms with Gasteiger partial charge in [0.25, 0.3) is 0 Å². The highest BCUT2D eigenvalue weighted by atomic mass is 16.1. The Morgan fingerprint density at radius 3 is 3.17 bits per heavy atom. The van der Waals surface area contributed by atoms with Gasteiger partial charge in [0.15, 0.2) is 0 Å². The third-order valence-electron chi connectivity index (χ3n) is 3.44. The highest BCUT2D eigenvalue weighted by molar-refractivity contribution is 5.78. The molecule has 4 N–H and O–H groups in total. The first-order chi connectivity index (χ1) is 8.75. The van der Waals surface area contributed by atoms with E-state index >= 15 is 0 Å². The number of H-pyrrole nitrogens is 1.